The van der Waals surface area contributed by atoms with Crippen molar-refractivity contribution in [3.63, 3.8) is 0 Å². The van der Waals surface area contributed by atoms with Crippen LogP contribution in [0, 0.1) is 12.8 Å². The molecule has 168 valence electrons. The molecule has 5 rings (SSSR count). The molecule has 1 fully saturated rings. The van der Waals surface area contributed by atoms with Gasteiger partial charge in [-0.15, -0.1) is 0 Å². The summed E-state index contributed by atoms with van der Waals surface area (Å²) in [6, 6.07) is 17.2. The van der Waals surface area contributed by atoms with Gasteiger partial charge >= 0.3 is 12.0 Å². The van der Waals surface area contributed by atoms with Crippen molar-refractivity contribution in [2.75, 3.05) is 31.6 Å². The molecule has 33 heavy (non-hydrogen) atoms. The maximum atomic E-state index is 13.5. The van der Waals surface area contributed by atoms with Crippen LogP contribution < -0.4 is 4.90 Å². The first-order valence-corrected chi connectivity index (χ1v) is 11.3. The van der Waals surface area contributed by atoms with Gasteiger partial charge < -0.3 is 0 Å². The maximum absolute atomic E-state index is 13.5. The molecule has 2 aromatic rings. The highest BCUT2D eigenvalue weighted by Gasteiger charge is 2.54. The second kappa shape index (κ2) is 8.31. The van der Waals surface area contributed by atoms with Gasteiger partial charge in [0, 0.05) is 19.5 Å². The fraction of sp³-hybridized carbons (Fsp3) is 0.308. The fourth-order valence-electron chi connectivity index (χ4n) is 4.67. The molecule has 0 bridgehead atoms. The first-order chi connectivity index (χ1) is 15.9. The standard InChI is InChI=1S/C26H28N5O2/c1-18-11-13-21(14-12-18)30-16-19(2)17-31-22-23(27-25(30)31)28(3)26(33)29(24(22)32)15-7-10-20-8-5-4-6-9-20/h4-14,19,22H,15-17H2,1-3H3/q+1/b10-7+. The van der Waals surface area contributed by atoms with E-state index in [1.165, 1.54) is 15.4 Å². The lowest BCUT2D eigenvalue weighted by molar-refractivity contribution is -0.545. The van der Waals surface area contributed by atoms with Crippen LogP contribution in [-0.4, -0.2) is 70.8 Å². The molecular formula is C26H28N5O2+. The number of fused-ring (bicyclic) bond motifs is 2. The van der Waals surface area contributed by atoms with Gasteiger partial charge in [0.05, 0.1) is 13.1 Å². The number of rotatable bonds is 4. The molecule has 0 radical (unpaired) electrons. The summed E-state index contributed by atoms with van der Waals surface area (Å²) in [6.07, 6.45) is 3.79. The number of amidine groups is 1. The number of aryl methyl sites for hydroxylation is 1. The Balaban J connectivity index is 1.46. The second-order valence-electron chi connectivity index (χ2n) is 8.98. The van der Waals surface area contributed by atoms with Gasteiger partial charge in [0.1, 0.15) is 5.69 Å². The Morgan fingerprint density at radius 1 is 1.09 bits per heavy atom. The van der Waals surface area contributed by atoms with Gasteiger partial charge in [0.2, 0.25) is 11.9 Å². The molecule has 2 unspecified atom stereocenters. The minimum atomic E-state index is -0.580. The van der Waals surface area contributed by atoms with E-state index in [9.17, 15) is 9.59 Å². The van der Waals surface area contributed by atoms with E-state index in [-0.39, 0.29) is 18.5 Å². The van der Waals surface area contributed by atoms with Gasteiger partial charge in [-0.25, -0.2) is 14.3 Å². The molecule has 7 nitrogen and oxygen atoms in total. The van der Waals surface area contributed by atoms with Crippen LogP contribution in [0.5, 0.6) is 0 Å². The Morgan fingerprint density at radius 2 is 1.82 bits per heavy atom. The molecule has 2 aromatic carbocycles. The highest BCUT2D eigenvalue weighted by Crippen LogP contribution is 2.28. The summed E-state index contributed by atoms with van der Waals surface area (Å²) in [5.74, 6) is 1.37. The van der Waals surface area contributed by atoms with Crippen LogP contribution in [0.25, 0.3) is 6.08 Å². The molecule has 0 aliphatic carbocycles. The zero-order valence-corrected chi connectivity index (χ0v) is 19.2. The Labute approximate surface area is 193 Å². The molecule has 0 spiro atoms. The molecule has 1 saturated heterocycles. The Morgan fingerprint density at radius 3 is 2.55 bits per heavy atom. The minimum Gasteiger partial charge on any atom is -0.270 e. The summed E-state index contributed by atoms with van der Waals surface area (Å²) in [5, 5.41) is 0. The largest absolute Gasteiger partial charge is 0.397 e. The highest BCUT2D eigenvalue weighted by atomic mass is 16.2. The molecule has 3 aliphatic heterocycles. The number of hydrogen-bond donors (Lipinski definition) is 0. The van der Waals surface area contributed by atoms with Crippen molar-refractivity contribution >= 4 is 35.5 Å². The van der Waals surface area contributed by atoms with E-state index in [0.29, 0.717) is 11.8 Å². The number of amides is 3. The Bertz CT molecular complexity index is 1180. The maximum Gasteiger partial charge on any atom is 0.397 e. The van der Waals surface area contributed by atoms with Gasteiger partial charge in [-0.05, 0) is 24.6 Å². The number of imide groups is 1. The zero-order chi connectivity index (χ0) is 23.1. The number of benzene rings is 2. The number of anilines is 1. The Hall–Kier alpha value is -3.74. The van der Waals surface area contributed by atoms with Gasteiger partial charge in [-0.1, -0.05) is 72.1 Å². The number of carbonyl (C=O) groups is 2. The van der Waals surface area contributed by atoms with E-state index in [1.807, 2.05) is 42.5 Å². The third kappa shape index (κ3) is 3.73. The van der Waals surface area contributed by atoms with Crippen molar-refractivity contribution in [3.05, 3.63) is 71.8 Å². The van der Waals surface area contributed by atoms with Crippen LogP contribution >= 0.6 is 0 Å². The summed E-state index contributed by atoms with van der Waals surface area (Å²) < 4.78 is 2.06. The summed E-state index contributed by atoms with van der Waals surface area (Å²) in [6.45, 7) is 6.00. The molecule has 0 N–H and O–H groups in total. The normalized spacial score (nSPS) is 22.8. The first kappa shape index (κ1) is 21.1. The van der Waals surface area contributed by atoms with Crippen molar-refractivity contribution in [3.8, 4) is 0 Å². The summed E-state index contributed by atoms with van der Waals surface area (Å²) in [5.41, 5.74) is 3.26. The molecule has 0 saturated carbocycles. The van der Waals surface area contributed by atoms with Crippen molar-refractivity contribution in [1.82, 2.24) is 9.80 Å². The highest BCUT2D eigenvalue weighted by molar-refractivity contribution is 6.24. The van der Waals surface area contributed by atoms with E-state index < -0.39 is 6.04 Å². The summed E-state index contributed by atoms with van der Waals surface area (Å²) in [4.78, 5) is 36.4. The number of hydrogen-bond acceptors (Lipinski definition) is 4. The lowest BCUT2D eigenvalue weighted by Gasteiger charge is -2.35. The first-order valence-electron chi connectivity index (χ1n) is 11.3. The van der Waals surface area contributed by atoms with Gasteiger partial charge in [0.25, 0.3) is 5.91 Å². The van der Waals surface area contributed by atoms with Crippen LogP contribution in [0.3, 0.4) is 0 Å². The lowest BCUT2D eigenvalue weighted by atomic mass is 10.1. The molecule has 3 amide bonds. The van der Waals surface area contributed by atoms with Crippen LogP contribution in [0.4, 0.5) is 10.5 Å². The molecular weight excluding hydrogens is 414 g/mol. The molecule has 0 aromatic heterocycles. The number of nitrogens with zero attached hydrogens (tertiary/aromatic N) is 5. The topological polar surface area (TPSA) is 59.2 Å². The smallest absolute Gasteiger partial charge is 0.270 e. The van der Waals surface area contributed by atoms with Crippen LogP contribution in [0.15, 0.2) is 65.7 Å². The van der Waals surface area contributed by atoms with E-state index in [1.54, 1.807) is 7.05 Å². The number of guanidine groups is 1. The molecule has 7 heteroatoms. The van der Waals surface area contributed by atoms with E-state index in [4.69, 9.17) is 4.99 Å². The van der Waals surface area contributed by atoms with Crippen molar-refractivity contribution in [2.24, 2.45) is 10.9 Å². The van der Waals surface area contributed by atoms with Crippen molar-refractivity contribution < 1.29 is 14.2 Å². The monoisotopic (exact) mass is 442 g/mol. The number of carbonyl (C=O) groups excluding carboxylic acids is 2. The van der Waals surface area contributed by atoms with E-state index >= 15 is 0 Å². The van der Waals surface area contributed by atoms with Crippen LogP contribution in [0.2, 0.25) is 0 Å². The molecule has 3 heterocycles. The molecule has 2 atom stereocenters. The SMILES string of the molecule is Cc1ccc(N2CC(C)C[N+]3=C2N=C2C3C(=O)N(C/C=C/c3ccccc3)C(=O)N2C)cc1. The minimum absolute atomic E-state index is 0.220. The van der Waals surface area contributed by atoms with Crippen molar-refractivity contribution in [1.29, 1.82) is 0 Å². The van der Waals surface area contributed by atoms with Crippen LogP contribution in [-0.2, 0) is 4.79 Å². The van der Waals surface area contributed by atoms with E-state index in [2.05, 4.69) is 47.6 Å². The summed E-state index contributed by atoms with van der Waals surface area (Å²) >= 11 is 0. The van der Waals surface area contributed by atoms with Gasteiger partial charge in [-0.2, -0.15) is 0 Å². The van der Waals surface area contributed by atoms with Crippen molar-refractivity contribution in [2.45, 2.75) is 19.9 Å². The predicted octanol–water partition coefficient (Wildman–Crippen LogP) is 3.21. The number of likely N-dealkylation sites (N-methyl/N-ethyl adjacent to an activating group) is 1. The average molecular weight is 443 g/mol. The summed E-state index contributed by atoms with van der Waals surface area (Å²) in [7, 11) is 1.70. The zero-order valence-electron chi connectivity index (χ0n) is 19.2. The Kier molecular flexibility index (Phi) is 5.32. The van der Waals surface area contributed by atoms with Gasteiger partial charge in [0.15, 0.2) is 0 Å². The third-order valence-electron chi connectivity index (χ3n) is 6.38. The quantitative estimate of drug-likeness (QED) is 0.684. The lowest BCUT2D eigenvalue weighted by Crippen LogP contribution is -2.63. The second-order valence-corrected chi connectivity index (χ2v) is 8.98. The molecule has 3 aliphatic rings. The predicted molar refractivity (Wildman–Crippen MR) is 129 cm³/mol. The number of aliphatic imine (C=N–C) groups is 1. The average Bonchev–Trinajstić information content (AvgIpc) is 3.20. The fourth-order valence-corrected chi connectivity index (χ4v) is 4.67. The van der Waals surface area contributed by atoms with E-state index in [0.717, 1.165) is 30.3 Å². The van der Waals surface area contributed by atoms with Crippen LogP contribution in [0.1, 0.15) is 18.1 Å². The third-order valence-corrected chi connectivity index (χ3v) is 6.38. The number of urea groups is 1. The van der Waals surface area contributed by atoms with Gasteiger partial charge in [-0.3, -0.25) is 14.6 Å².